The van der Waals surface area contributed by atoms with E-state index in [1.165, 1.54) is 4.31 Å². The number of rotatable bonds is 11. The normalized spacial score (nSPS) is 13.3. The number of aliphatic hydroxyl groups excluding tert-OH is 1. The maximum absolute atomic E-state index is 11.9. The third-order valence-corrected chi connectivity index (χ3v) is 4.97. The Morgan fingerprint density at radius 1 is 1.26 bits per heavy atom. The van der Waals surface area contributed by atoms with Crippen LogP contribution in [0.4, 0.5) is 0 Å². The average molecular weight is 292 g/mol. The van der Waals surface area contributed by atoms with E-state index >= 15 is 0 Å². The molecule has 0 aromatic carbocycles. The maximum Gasteiger partial charge on any atom is 0.216 e. The van der Waals surface area contributed by atoms with Crippen molar-refractivity contribution in [2.24, 2.45) is 5.11 Å². The summed E-state index contributed by atoms with van der Waals surface area (Å²) in [6.45, 7) is 4.87. The Hall–Kier alpha value is -0.820. The van der Waals surface area contributed by atoms with Crippen LogP contribution in [0.1, 0.15) is 39.5 Å². The van der Waals surface area contributed by atoms with Crippen molar-refractivity contribution in [2.45, 2.75) is 45.6 Å². The van der Waals surface area contributed by atoms with Crippen molar-refractivity contribution in [3.63, 3.8) is 0 Å². The largest absolute Gasteiger partial charge is 0.392 e. The van der Waals surface area contributed by atoms with Crippen molar-refractivity contribution in [1.29, 1.82) is 0 Å². The van der Waals surface area contributed by atoms with Crippen LogP contribution < -0.4 is 0 Å². The molecule has 0 bridgehead atoms. The van der Waals surface area contributed by atoms with Gasteiger partial charge in [-0.25, -0.2) is 12.7 Å². The Morgan fingerprint density at radius 2 is 1.89 bits per heavy atom. The van der Waals surface area contributed by atoms with Gasteiger partial charge in [-0.2, -0.15) is 0 Å². The number of hydrogen-bond acceptors (Lipinski definition) is 4. The predicted octanol–water partition coefficient (Wildman–Crippen LogP) is 1.89. The number of azide groups is 1. The van der Waals surface area contributed by atoms with Crippen molar-refractivity contribution in [1.82, 2.24) is 4.31 Å². The average Bonchev–Trinajstić information content (AvgIpc) is 2.34. The number of sulfonamides is 1. The first-order chi connectivity index (χ1) is 8.97. The highest BCUT2D eigenvalue weighted by Gasteiger charge is 2.22. The first-order valence-corrected chi connectivity index (χ1v) is 8.25. The molecule has 0 aliphatic rings. The van der Waals surface area contributed by atoms with E-state index in [0.717, 1.165) is 19.3 Å². The smallest absolute Gasteiger partial charge is 0.216 e. The fourth-order valence-corrected chi connectivity index (χ4v) is 3.48. The van der Waals surface area contributed by atoms with Gasteiger partial charge in [-0.05, 0) is 18.4 Å². The third-order valence-electron chi connectivity index (χ3n) is 2.86. The molecule has 0 fully saturated rings. The quantitative estimate of drug-likeness (QED) is 0.272. The first-order valence-electron chi connectivity index (χ1n) is 6.64. The molecule has 0 aliphatic heterocycles. The van der Waals surface area contributed by atoms with Gasteiger partial charge in [0.1, 0.15) is 0 Å². The van der Waals surface area contributed by atoms with Crippen LogP contribution in [0.15, 0.2) is 5.11 Å². The van der Waals surface area contributed by atoms with Gasteiger partial charge in [-0.3, -0.25) is 0 Å². The molecule has 1 atom stereocenters. The van der Waals surface area contributed by atoms with Crippen LogP contribution >= 0.6 is 0 Å². The van der Waals surface area contributed by atoms with E-state index in [1.807, 2.05) is 0 Å². The third kappa shape index (κ3) is 8.05. The van der Waals surface area contributed by atoms with Gasteiger partial charge < -0.3 is 5.11 Å². The summed E-state index contributed by atoms with van der Waals surface area (Å²) in [5.74, 6) is -0.217. The summed E-state index contributed by atoms with van der Waals surface area (Å²) in [5, 5.41) is 13.1. The van der Waals surface area contributed by atoms with Gasteiger partial charge in [0, 0.05) is 24.5 Å². The van der Waals surface area contributed by atoms with E-state index in [2.05, 4.69) is 10.0 Å². The molecular weight excluding hydrogens is 268 g/mol. The van der Waals surface area contributed by atoms with E-state index in [-0.39, 0.29) is 5.75 Å². The van der Waals surface area contributed by atoms with E-state index in [9.17, 15) is 13.5 Å². The molecule has 7 nitrogen and oxygen atoms in total. The van der Waals surface area contributed by atoms with E-state index in [1.54, 1.807) is 13.8 Å². The SMILES string of the molecule is CCN(CC)S(=O)(=O)CC(O)CCCCCN=[N+]=[N-]. The van der Waals surface area contributed by atoms with Crippen LogP contribution in [0, 0.1) is 0 Å². The summed E-state index contributed by atoms with van der Waals surface area (Å²) in [5.41, 5.74) is 8.08. The van der Waals surface area contributed by atoms with Gasteiger partial charge in [-0.15, -0.1) is 0 Å². The highest BCUT2D eigenvalue weighted by atomic mass is 32.2. The number of unbranched alkanes of at least 4 members (excludes halogenated alkanes) is 2. The summed E-state index contributed by atoms with van der Waals surface area (Å²) < 4.78 is 25.1. The Bertz CT molecular complexity index is 375. The molecule has 19 heavy (non-hydrogen) atoms. The van der Waals surface area contributed by atoms with Gasteiger partial charge in [0.15, 0.2) is 0 Å². The molecular formula is C11H24N4O3S. The summed E-state index contributed by atoms with van der Waals surface area (Å²) in [7, 11) is -3.36. The second kappa shape index (κ2) is 10.0. The molecule has 0 heterocycles. The summed E-state index contributed by atoms with van der Waals surface area (Å²) in [6, 6.07) is 0. The van der Waals surface area contributed by atoms with Gasteiger partial charge in [0.05, 0.1) is 11.9 Å². The second-order valence-electron chi connectivity index (χ2n) is 4.32. The summed E-state index contributed by atoms with van der Waals surface area (Å²) in [4.78, 5) is 2.65. The topological polar surface area (TPSA) is 106 Å². The van der Waals surface area contributed by atoms with Crippen molar-refractivity contribution in [2.75, 3.05) is 25.4 Å². The lowest BCUT2D eigenvalue weighted by molar-refractivity contribution is 0.181. The van der Waals surface area contributed by atoms with Crippen LogP contribution in [0.2, 0.25) is 0 Å². The van der Waals surface area contributed by atoms with Gasteiger partial charge in [0.25, 0.3) is 0 Å². The number of nitrogens with zero attached hydrogens (tertiary/aromatic N) is 4. The Morgan fingerprint density at radius 3 is 2.42 bits per heavy atom. The fraction of sp³-hybridized carbons (Fsp3) is 1.00. The zero-order valence-corrected chi connectivity index (χ0v) is 12.5. The Kier molecular flexibility index (Phi) is 9.59. The van der Waals surface area contributed by atoms with Crippen LogP contribution in [-0.2, 0) is 10.0 Å². The molecule has 0 radical (unpaired) electrons. The molecule has 0 rings (SSSR count). The second-order valence-corrected chi connectivity index (χ2v) is 6.33. The lowest BCUT2D eigenvalue weighted by Crippen LogP contribution is -2.36. The molecule has 0 saturated heterocycles. The molecule has 0 spiro atoms. The molecule has 112 valence electrons. The standard InChI is InChI=1S/C11H24N4O3S/c1-3-15(4-2)19(17,18)10-11(16)8-6-5-7-9-13-14-12/h11,16H,3-10H2,1-2H3. The predicted molar refractivity (Wildman–Crippen MR) is 75.2 cm³/mol. The highest BCUT2D eigenvalue weighted by Crippen LogP contribution is 2.09. The summed E-state index contributed by atoms with van der Waals surface area (Å²) >= 11 is 0. The maximum atomic E-state index is 11.9. The minimum atomic E-state index is -3.36. The lowest BCUT2D eigenvalue weighted by atomic mass is 10.1. The van der Waals surface area contributed by atoms with Gasteiger partial charge in [-0.1, -0.05) is 31.8 Å². The van der Waals surface area contributed by atoms with Crippen molar-refractivity contribution >= 4 is 10.0 Å². The van der Waals surface area contributed by atoms with Gasteiger partial charge >= 0.3 is 0 Å². The molecule has 0 saturated carbocycles. The highest BCUT2D eigenvalue weighted by molar-refractivity contribution is 7.89. The zero-order chi connectivity index (χ0) is 14.7. The van der Waals surface area contributed by atoms with Crippen molar-refractivity contribution < 1.29 is 13.5 Å². The van der Waals surface area contributed by atoms with E-state index < -0.39 is 16.1 Å². The molecule has 0 aromatic rings. The molecule has 0 amide bonds. The molecule has 8 heteroatoms. The minimum absolute atomic E-state index is 0.217. The monoisotopic (exact) mass is 292 g/mol. The van der Waals surface area contributed by atoms with Crippen LogP contribution in [0.25, 0.3) is 10.4 Å². The van der Waals surface area contributed by atoms with Crippen LogP contribution in [0.3, 0.4) is 0 Å². The first kappa shape index (κ1) is 18.2. The lowest BCUT2D eigenvalue weighted by Gasteiger charge is -2.20. The molecule has 1 N–H and O–H groups in total. The van der Waals surface area contributed by atoms with Gasteiger partial charge in [0.2, 0.25) is 10.0 Å². The van der Waals surface area contributed by atoms with Crippen LogP contribution in [0.5, 0.6) is 0 Å². The Balaban J connectivity index is 3.96. The van der Waals surface area contributed by atoms with Crippen molar-refractivity contribution in [3.8, 4) is 0 Å². The summed E-state index contributed by atoms with van der Waals surface area (Å²) in [6.07, 6.45) is 1.94. The minimum Gasteiger partial charge on any atom is -0.392 e. The number of aliphatic hydroxyl groups is 1. The Labute approximate surface area is 115 Å². The number of hydrogen-bond donors (Lipinski definition) is 1. The molecule has 0 aromatic heterocycles. The fourth-order valence-electron chi connectivity index (χ4n) is 1.83. The zero-order valence-electron chi connectivity index (χ0n) is 11.7. The van der Waals surface area contributed by atoms with E-state index in [4.69, 9.17) is 5.53 Å². The van der Waals surface area contributed by atoms with Crippen molar-refractivity contribution in [3.05, 3.63) is 10.4 Å². The molecule has 1 unspecified atom stereocenters. The van der Waals surface area contributed by atoms with E-state index in [0.29, 0.717) is 26.1 Å². The van der Waals surface area contributed by atoms with Crippen LogP contribution in [-0.4, -0.2) is 49.3 Å². The molecule has 0 aliphatic carbocycles.